The molecule has 5 heteroatoms. The standard InChI is InChI=1S/C12H21N3O2/c1-2-3-6-13-12(17)15-7-4-5-9-10(15)8-14-11(9)16/h9-10H,2-8H2,1H3,(H,13,17)(H,14,16). The van der Waals surface area contributed by atoms with Gasteiger partial charge in [0.1, 0.15) is 0 Å². The first-order chi connectivity index (χ1) is 8.24. The Labute approximate surface area is 102 Å². The zero-order valence-electron chi connectivity index (χ0n) is 10.4. The van der Waals surface area contributed by atoms with Crippen LogP contribution in [0.1, 0.15) is 32.6 Å². The Morgan fingerprint density at radius 1 is 1.59 bits per heavy atom. The molecule has 96 valence electrons. The smallest absolute Gasteiger partial charge is 0.317 e. The van der Waals surface area contributed by atoms with Gasteiger partial charge in [0.2, 0.25) is 5.91 Å². The van der Waals surface area contributed by atoms with E-state index in [1.54, 1.807) is 0 Å². The number of nitrogens with zero attached hydrogens (tertiary/aromatic N) is 1. The minimum Gasteiger partial charge on any atom is -0.354 e. The predicted octanol–water partition coefficient (Wildman–Crippen LogP) is 0.706. The van der Waals surface area contributed by atoms with Gasteiger partial charge in [0, 0.05) is 19.6 Å². The fourth-order valence-electron chi connectivity index (χ4n) is 2.68. The molecule has 5 nitrogen and oxygen atoms in total. The SMILES string of the molecule is CCCCNC(=O)N1CCCC2C(=O)NCC21. The van der Waals surface area contributed by atoms with Gasteiger partial charge >= 0.3 is 6.03 Å². The number of hydrogen-bond acceptors (Lipinski definition) is 2. The van der Waals surface area contributed by atoms with Crippen LogP contribution in [0.15, 0.2) is 0 Å². The number of amides is 3. The first kappa shape index (κ1) is 12.2. The normalized spacial score (nSPS) is 27.6. The minimum atomic E-state index is -0.00958. The summed E-state index contributed by atoms with van der Waals surface area (Å²) in [5, 5.41) is 5.78. The number of unbranched alkanes of at least 4 members (excludes halogenated alkanes) is 1. The van der Waals surface area contributed by atoms with Gasteiger partial charge in [-0.2, -0.15) is 0 Å². The molecule has 0 aromatic heterocycles. The van der Waals surface area contributed by atoms with Crippen molar-refractivity contribution in [1.29, 1.82) is 0 Å². The van der Waals surface area contributed by atoms with E-state index in [2.05, 4.69) is 17.6 Å². The number of hydrogen-bond donors (Lipinski definition) is 2. The molecule has 0 aromatic rings. The molecule has 2 heterocycles. The molecule has 2 atom stereocenters. The minimum absolute atomic E-state index is 0.00958. The van der Waals surface area contributed by atoms with Crippen LogP contribution in [0.5, 0.6) is 0 Å². The number of urea groups is 1. The fourth-order valence-corrected chi connectivity index (χ4v) is 2.68. The van der Waals surface area contributed by atoms with Crippen LogP contribution in [0.25, 0.3) is 0 Å². The molecule has 0 saturated carbocycles. The Morgan fingerprint density at radius 3 is 3.18 bits per heavy atom. The van der Waals surface area contributed by atoms with Gasteiger partial charge in [-0.15, -0.1) is 0 Å². The van der Waals surface area contributed by atoms with E-state index in [9.17, 15) is 9.59 Å². The largest absolute Gasteiger partial charge is 0.354 e. The number of fused-ring (bicyclic) bond motifs is 1. The summed E-state index contributed by atoms with van der Waals surface area (Å²) in [6.07, 6.45) is 3.92. The summed E-state index contributed by atoms with van der Waals surface area (Å²) < 4.78 is 0. The Balaban J connectivity index is 1.91. The highest BCUT2D eigenvalue weighted by atomic mass is 16.2. The van der Waals surface area contributed by atoms with Crippen LogP contribution in [0.4, 0.5) is 4.79 Å². The molecule has 3 amide bonds. The molecule has 0 radical (unpaired) electrons. The van der Waals surface area contributed by atoms with Gasteiger partial charge in [0.15, 0.2) is 0 Å². The zero-order chi connectivity index (χ0) is 12.3. The Hall–Kier alpha value is -1.26. The molecule has 2 N–H and O–H groups in total. The van der Waals surface area contributed by atoms with E-state index in [-0.39, 0.29) is 23.9 Å². The second kappa shape index (κ2) is 5.38. The highest BCUT2D eigenvalue weighted by Crippen LogP contribution is 2.27. The summed E-state index contributed by atoms with van der Waals surface area (Å²) in [4.78, 5) is 25.4. The van der Waals surface area contributed by atoms with E-state index < -0.39 is 0 Å². The molecule has 17 heavy (non-hydrogen) atoms. The van der Waals surface area contributed by atoms with Crippen LogP contribution in [0.3, 0.4) is 0 Å². The lowest BCUT2D eigenvalue weighted by molar-refractivity contribution is -0.123. The lowest BCUT2D eigenvalue weighted by Crippen LogP contribution is -2.52. The average molecular weight is 239 g/mol. The molecule has 0 bridgehead atoms. The molecule has 0 spiro atoms. The predicted molar refractivity (Wildman–Crippen MR) is 64.5 cm³/mol. The third-order valence-corrected chi connectivity index (χ3v) is 3.67. The monoisotopic (exact) mass is 239 g/mol. The number of carbonyl (C=O) groups excluding carboxylic acids is 2. The average Bonchev–Trinajstić information content (AvgIpc) is 2.71. The highest BCUT2D eigenvalue weighted by Gasteiger charge is 2.42. The summed E-state index contributed by atoms with van der Waals surface area (Å²) in [6, 6.07) is 0.0579. The van der Waals surface area contributed by atoms with E-state index in [1.807, 2.05) is 4.90 Å². The molecule has 2 aliphatic rings. The van der Waals surface area contributed by atoms with Crippen molar-refractivity contribution in [2.24, 2.45) is 5.92 Å². The number of carbonyl (C=O) groups is 2. The van der Waals surface area contributed by atoms with E-state index >= 15 is 0 Å². The Bertz CT molecular complexity index is 306. The van der Waals surface area contributed by atoms with Gasteiger partial charge in [0.05, 0.1) is 12.0 Å². The zero-order valence-corrected chi connectivity index (χ0v) is 10.4. The van der Waals surface area contributed by atoms with Crippen LogP contribution in [-0.2, 0) is 4.79 Å². The third kappa shape index (κ3) is 2.53. The van der Waals surface area contributed by atoms with Gasteiger partial charge in [-0.1, -0.05) is 13.3 Å². The van der Waals surface area contributed by atoms with Crippen molar-refractivity contribution in [3.05, 3.63) is 0 Å². The first-order valence-corrected chi connectivity index (χ1v) is 6.56. The van der Waals surface area contributed by atoms with Crippen molar-refractivity contribution >= 4 is 11.9 Å². The van der Waals surface area contributed by atoms with Crippen LogP contribution in [-0.4, -0.2) is 42.5 Å². The maximum Gasteiger partial charge on any atom is 0.317 e. The van der Waals surface area contributed by atoms with Crippen molar-refractivity contribution in [2.45, 2.75) is 38.6 Å². The van der Waals surface area contributed by atoms with Crippen LogP contribution in [0.2, 0.25) is 0 Å². The maximum absolute atomic E-state index is 12.0. The molecular formula is C12H21N3O2. The third-order valence-electron chi connectivity index (χ3n) is 3.67. The van der Waals surface area contributed by atoms with Crippen molar-refractivity contribution in [1.82, 2.24) is 15.5 Å². The molecular weight excluding hydrogens is 218 g/mol. The first-order valence-electron chi connectivity index (χ1n) is 6.56. The van der Waals surface area contributed by atoms with Crippen LogP contribution in [0, 0.1) is 5.92 Å². The van der Waals surface area contributed by atoms with Crippen LogP contribution >= 0.6 is 0 Å². The van der Waals surface area contributed by atoms with E-state index in [0.717, 1.165) is 38.8 Å². The summed E-state index contributed by atoms with van der Waals surface area (Å²) in [7, 11) is 0. The molecule has 2 saturated heterocycles. The van der Waals surface area contributed by atoms with Gasteiger partial charge in [-0.3, -0.25) is 4.79 Å². The van der Waals surface area contributed by atoms with E-state index in [0.29, 0.717) is 6.54 Å². The van der Waals surface area contributed by atoms with Crippen molar-refractivity contribution in [3.8, 4) is 0 Å². The lowest BCUT2D eigenvalue weighted by Gasteiger charge is -2.35. The molecule has 2 unspecified atom stereocenters. The van der Waals surface area contributed by atoms with Crippen LogP contribution < -0.4 is 10.6 Å². The Morgan fingerprint density at radius 2 is 2.41 bits per heavy atom. The van der Waals surface area contributed by atoms with Crippen molar-refractivity contribution in [2.75, 3.05) is 19.6 Å². The molecule has 2 fully saturated rings. The fraction of sp³-hybridized carbons (Fsp3) is 0.833. The lowest BCUT2D eigenvalue weighted by atomic mass is 9.92. The van der Waals surface area contributed by atoms with Crippen molar-refractivity contribution < 1.29 is 9.59 Å². The molecule has 2 rings (SSSR count). The van der Waals surface area contributed by atoms with Gasteiger partial charge in [-0.25, -0.2) is 4.79 Å². The quantitative estimate of drug-likeness (QED) is 0.712. The van der Waals surface area contributed by atoms with Gasteiger partial charge < -0.3 is 15.5 Å². The van der Waals surface area contributed by atoms with E-state index in [1.165, 1.54) is 0 Å². The Kier molecular flexibility index (Phi) is 3.86. The maximum atomic E-state index is 12.0. The summed E-state index contributed by atoms with van der Waals surface area (Å²) in [5.41, 5.74) is 0. The molecule has 2 aliphatic heterocycles. The summed E-state index contributed by atoms with van der Waals surface area (Å²) in [5.74, 6) is 0.127. The van der Waals surface area contributed by atoms with Gasteiger partial charge in [-0.05, 0) is 19.3 Å². The number of piperidine rings is 1. The number of likely N-dealkylation sites (tertiary alicyclic amines) is 1. The van der Waals surface area contributed by atoms with E-state index in [4.69, 9.17) is 0 Å². The topological polar surface area (TPSA) is 61.4 Å². The molecule has 0 aromatic carbocycles. The summed E-state index contributed by atoms with van der Waals surface area (Å²) in [6.45, 7) is 4.21. The highest BCUT2D eigenvalue weighted by molar-refractivity contribution is 5.84. The summed E-state index contributed by atoms with van der Waals surface area (Å²) >= 11 is 0. The number of rotatable bonds is 3. The van der Waals surface area contributed by atoms with Crippen molar-refractivity contribution in [3.63, 3.8) is 0 Å². The molecule has 0 aliphatic carbocycles. The second-order valence-electron chi connectivity index (χ2n) is 4.84. The second-order valence-corrected chi connectivity index (χ2v) is 4.84. The number of nitrogens with one attached hydrogen (secondary N) is 2. The van der Waals surface area contributed by atoms with Gasteiger partial charge in [0.25, 0.3) is 0 Å².